The fraction of sp³-hybridized carbons (Fsp3) is 0.0556. The highest BCUT2D eigenvalue weighted by atomic mass is 16.2. The fourth-order valence-corrected chi connectivity index (χ4v) is 2.51. The number of hydrogen-bond acceptors (Lipinski definition) is 3. The molecule has 0 radical (unpaired) electrons. The van der Waals surface area contributed by atoms with Crippen LogP contribution in [0.4, 0.5) is 5.69 Å². The third kappa shape index (κ3) is 2.24. The molecule has 0 fully saturated rings. The minimum atomic E-state index is -0.460. The largest absolute Gasteiger partial charge is 0.289 e. The first-order valence-electron chi connectivity index (χ1n) is 6.85. The predicted octanol–water partition coefficient (Wildman–Crippen LogP) is 2.85. The zero-order chi connectivity index (χ0) is 15.7. The molecule has 0 atom stereocenters. The summed E-state index contributed by atoms with van der Waals surface area (Å²) in [5.74, 6) is -1.09. The minimum Gasteiger partial charge on any atom is -0.289 e. The number of benzene rings is 2. The lowest BCUT2D eigenvalue weighted by atomic mass is 10.0. The summed E-state index contributed by atoms with van der Waals surface area (Å²) in [5.41, 5.74) is 1.88. The number of allylic oxidation sites excluding steroid dienone is 1. The predicted molar refractivity (Wildman–Crippen MR) is 83.4 cm³/mol. The van der Waals surface area contributed by atoms with E-state index in [2.05, 4.69) is 0 Å². The smallest absolute Gasteiger partial charge is 0.265 e. The van der Waals surface area contributed by atoms with E-state index in [-0.39, 0.29) is 17.3 Å². The van der Waals surface area contributed by atoms with Crippen LogP contribution in [0.15, 0.2) is 60.7 Å². The van der Waals surface area contributed by atoms with Crippen molar-refractivity contribution >= 4 is 28.9 Å². The highest BCUT2D eigenvalue weighted by molar-refractivity contribution is 6.41. The van der Waals surface area contributed by atoms with E-state index < -0.39 is 5.91 Å². The molecule has 108 valence electrons. The zero-order valence-corrected chi connectivity index (χ0v) is 11.9. The number of fused-ring (bicyclic) bond motifs is 1. The van der Waals surface area contributed by atoms with Gasteiger partial charge >= 0.3 is 0 Å². The highest BCUT2D eigenvalue weighted by Crippen LogP contribution is 2.36. The van der Waals surface area contributed by atoms with Gasteiger partial charge in [-0.05, 0) is 12.1 Å². The summed E-state index contributed by atoms with van der Waals surface area (Å²) in [5, 5.41) is 0. The van der Waals surface area contributed by atoms with Crippen molar-refractivity contribution in [3.05, 3.63) is 71.8 Å². The molecule has 2 aromatic rings. The molecule has 0 unspecified atom stereocenters. The number of carbonyl (C=O) groups is 3. The Morgan fingerprint density at radius 3 is 2.27 bits per heavy atom. The Bertz CT molecular complexity index is 806. The minimum absolute atomic E-state index is 0.250. The molecule has 0 aromatic heterocycles. The molecule has 4 nitrogen and oxygen atoms in total. The van der Waals surface area contributed by atoms with Crippen LogP contribution in [0.1, 0.15) is 22.8 Å². The molecular formula is C18H13NO3. The molecule has 1 heterocycles. The Morgan fingerprint density at radius 2 is 1.59 bits per heavy atom. The second-order valence-corrected chi connectivity index (χ2v) is 4.97. The van der Waals surface area contributed by atoms with Crippen LogP contribution < -0.4 is 4.90 Å². The number of carbonyl (C=O) groups excluding carboxylic acids is 3. The van der Waals surface area contributed by atoms with Gasteiger partial charge in [-0.25, -0.2) is 4.90 Å². The van der Waals surface area contributed by atoms with E-state index in [9.17, 15) is 14.4 Å². The summed E-state index contributed by atoms with van der Waals surface area (Å²) in [6.45, 7) is 1.33. The van der Waals surface area contributed by atoms with Gasteiger partial charge in [0.25, 0.3) is 5.91 Å². The second-order valence-electron chi connectivity index (χ2n) is 4.97. The van der Waals surface area contributed by atoms with Crippen molar-refractivity contribution in [2.24, 2.45) is 0 Å². The molecule has 1 aliphatic heterocycles. The topological polar surface area (TPSA) is 54.5 Å². The lowest BCUT2D eigenvalue weighted by molar-refractivity contribution is -0.122. The van der Waals surface area contributed by atoms with Gasteiger partial charge in [-0.2, -0.15) is 0 Å². The monoisotopic (exact) mass is 291 g/mol. The number of anilines is 1. The molecule has 22 heavy (non-hydrogen) atoms. The maximum absolute atomic E-state index is 12.5. The first-order chi connectivity index (χ1) is 10.6. The van der Waals surface area contributed by atoms with Gasteiger partial charge in [0, 0.05) is 18.1 Å². The molecule has 2 aromatic carbocycles. The Hall–Kier alpha value is -3.01. The molecule has 0 saturated carbocycles. The van der Waals surface area contributed by atoms with Crippen molar-refractivity contribution in [1.82, 2.24) is 0 Å². The van der Waals surface area contributed by atoms with Crippen LogP contribution in [0.5, 0.6) is 0 Å². The van der Waals surface area contributed by atoms with E-state index in [1.807, 2.05) is 6.07 Å². The van der Waals surface area contributed by atoms with Gasteiger partial charge in [0.15, 0.2) is 5.78 Å². The van der Waals surface area contributed by atoms with E-state index in [0.717, 1.165) is 4.90 Å². The van der Waals surface area contributed by atoms with Crippen LogP contribution >= 0.6 is 0 Å². The van der Waals surface area contributed by atoms with Gasteiger partial charge in [-0.1, -0.05) is 48.5 Å². The first kappa shape index (κ1) is 13.9. The number of ketones is 1. The van der Waals surface area contributed by atoms with Crippen LogP contribution in [-0.4, -0.2) is 17.6 Å². The van der Waals surface area contributed by atoms with Crippen LogP contribution in [0, 0.1) is 0 Å². The maximum atomic E-state index is 12.5. The summed E-state index contributed by atoms with van der Waals surface area (Å²) in [6, 6.07) is 15.7. The Balaban J connectivity index is 2.08. The molecule has 0 N–H and O–H groups in total. The van der Waals surface area contributed by atoms with Crippen molar-refractivity contribution in [2.45, 2.75) is 6.92 Å². The van der Waals surface area contributed by atoms with Crippen LogP contribution in [0.25, 0.3) is 5.57 Å². The molecule has 2 amide bonds. The average Bonchev–Trinajstić information content (AvgIpc) is 2.81. The van der Waals surface area contributed by atoms with Crippen molar-refractivity contribution in [1.29, 1.82) is 0 Å². The number of rotatable bonds is 2. The van der Waals surface area contributed by atoms with Gasteiger partial charge in [0.1, 0.15) is 0 Å². The van der Waals surface area contributed by atoms with E-state index in [0.29, 0.717) is 16.8 Å². The summed E-state index contributed by atoms with van der Waals surface area (Å²) >= 11 is 0. The number of hydrogen-bond donors (Lipinski definition) is 0. The zero-order valence-electron chi connectivity index (χ0n) is 11.9. The van der Waals surface area contributed by atoms with E-state index in [1.54, 1.807) is 48.5 Å². The molecule has 4 heteroatoms. The number of nitrogens with zero attached hydrogens (tertiary/aromatic N) is 1. The van der Waals surface area contributed by atoms with Gasteiger partial charge < -0.3 is 0 Å². The van der Waals surface area contributed by atoms with Crippen molar-refractivity contribution in [2.75, 3.05) is 4.90 Å². The van der Waals surface area contributed by atoms with E-state index in [4.69, 9.17) is 0 Å². The van der Waals surface area contributed by atoms with Gasteiger partial charge in [0.2, 0.25) is 5.91 Å². The highest BCUT2D eigenvalue weighted by Gasteiger charge is 2.35. The number of para-hydroxylation sites is 1. The quantitative estimate of drug-likeness (QED) is 0.631. The molecule has 0 saturated heterocycles. The van der Waals surface area contributed by atoms with Crippen LogP contribution in [0.2, 0.25) is 0 Å². The summed E-state index contributed by atoms with van der Waals surface area (Å²) in [7, 11) is 0. The first-order valence-corrected chi connectivity index (χ1v) is 6.85. The molecule has 0 aliphatic carbocycles. The molecule has 0 bridgehead atoms. The molecule has 3 rings (SSSR count). The molecule has 0 spiro atoms. The SMILES string of the molecule is CC(=O)N1C(=O)C(=CC(=O)c2ccccc2)c2ccccc21. The lowest BCUT2D eigenvalue weighted by Gasteiger charge is -2.11. The summed E-state index contributed by atoms with van der Waals surface area (Å²) in [6.07, 6.45) is 1.30. The lowest BCUT2D eigenvalue weighted by Crippen LogP contribution is -2.31. The van der Waals surface area contributed by atoms with Crippen molar-refractivity contribution < 1.29 is 14.4 Å². The Morgan fingerprint density at radius 1 is 0.955 bits per heavy atom. The Labute approximate surface area is 127 Å². The van der Waals surface area contributed by atoms with Crippen molar-refractivity contribution in [3.63, 3.8) is 0 Å². The molecule has 1 aliphatic rings. The van der Waals surface area contributed by atoms with Crippen LogP contribution in [-0.2, 0) is 9.59 Å². The van der Waals surface area contributed by atoms with Gasteiger partial charge in [0.05, 0.1) is 11.3 Å². The summed E-state index contributed by atoms with van der Waals surface area (Å²) in [4.78, 5) is 37.6. The third-order valence-electron chi connectivity index (χ3n) is 3.52. The van der Waals surface area contributed by atoms with Gasteiger partial charge in [-0.15, -0.1) is 0 Å². The van der Waals surface area contributed by atoms with E-state index in [1.165, 1.54) is 13.0 Å². The average molecular weight is 291 g/mol. The fourth-order valence-electron chi connectivity index (χ4n) is 2.51. The molecular weight excluding hydrogens is 278 g/mol. The maximum Gasteiger partial charge on any atom is 0.265 e. The third-order valence-corrected chi connectivity index (χ3v) is 3.52. The van der Waals surface area contributed by atoms with Crippen LogP contribution in [0.3, 0.4) is 0 Å². The number of amides is 2. The summed E-state index contributed by atoms with van der Waals surface area (Å²) < 4.78 is 0. The normalized spacial score (nSPS) is 15.0. The van der Waals surface area contributed by atoms with Crippen molar-refractivity contribution in [3.8, 4) is 0 Å². The number of imide groups is 1. The second kappa shape index (κ2) is 5.41. The standard InChI is InChI=1S/C18H13NO3/c1-12(20)19-16-10-6-5-9-14(16)15(18(19)22)11-17(21)13-7-3-2-4-8-13/h2-11H,1H3. The van der Waals surface area contributed by atoms with E-state index >= 15 is 0 Å². The Kier molecular flexibility index (Phi) is 3.43. The van der Waals surface area contributed by atoms with Gasteiger partial charge in [-0.3, -0.25) is 14.4 Å².